The van der Waals surface area contributed by atoms with Gasteiger partial charge in [-0.3, -0.25) is 19.3 Å². The van der Waals surface area contributed by atoms with E-state index in [0.29, 0.717) is 30.0 Å². The third-order valence-electron chi connectivity index (χ3n) is 7.49. The number of benzene rings is 2. The predicted molar refractivity (Wildman–Crippen MR) is 131 cm³/mol. The summed E-state index contributed by atoms with van der Waals surface area (Å²) in [5.41, 5.74) is 2.05. The number of rotatable bonds is 6. The topological polar surface area (TPSA) is 117 Å². The molecule has 0 bridgehead atoms. The maximum absolute atomic E-state index is 13.4. The summed E-state index contributed by atoms with van der Waals surface area (Å²) in [7, 11) is 1.57. The summed E-state index contributed by atoms with van der Waals surface area (Å²) < 4.78 is 11.2. The van der Waals surface area contributed by atoms with Crippen LogP contribution in [-0.2, 0) is 22.7 Å². The summed E-state index contributed by atoms with van der Waals surface area (Å²) >= 11 is 0. The van der Waals surface area contributed by atoms with Crippen LogP contribution in [0, 0.1) is 0 Å². The second kappa shape index (κ2) is 9.76. The molecule has 1 unspecified atom stereocenters. The molecule has 2 fully saturated rings. The highest BCUT2D eigenvalue weighted by molar-refractivity contribution is 6.05. The zero-order chi connectivity index (χ0) is 26.3. The molecule has 5 rings (SSSR count). The SMILES string of the molecule is COc1ccc(CN2C(=O)CCC(N3Cc4cc(O[C@H]5CCN(C(=O)O)[C@H]5C)ccc4C3=O)C2=O)cc1. The Balaban J connectivity index is 1.28. The monoisotopic (exact) mass is 507 g/mol. The molecule has 2 aromatic rings. The number of methoxy groups -OCH3 is 1. The van der Waals surface area contributed by atoms with Crippen molar-refractivity contribution in [3.63, 3.8) is 0 Å². The minimum atomic E-state index is -0.967. The van der Waals surface area contributed by atoms with E-state index in [1.54, 1.807) is 37.4 Å². The lowest BCUT2D eigenvalue weighted by Crippen LogP contribution is -2.54. The first-order chi connectivity index (χ1) is 17.8. The number of carbonyl (C=O) groups is 4. The maximum Gasteiger partial charge on any atom is 0.407 e. The Morgan fingerprint density at radius 1 is 1.05 bits per heavy atom. The van der Waals surface area contributed by atoms with Gasteiger partial charge in [0, 0.05) is 31.5 Å². The lowest BCUT2D eigenvalue weighted by Gasteiger charge is -2.35. The van der Waals surface area contributed by atoms with E-state index in [0.717, 1.165) is 11.1 Å². The molecule has 10 heteroatoms. The van der Waals surface area contributed by atoms with Crippen molar-refractivity contribution >= 4 is 23.8 Å². The number of amides is 4. The molecule has 4 amide bonds. The van der Waals surface area contributed by atoms with Gasteiger partial charge in [-0.15, -0.1) is 0 Å². The number of carbonyl (C=O) groups excluding carboxylic acids is 3. The molecule has 3 aliphatic rings. The molecule has 3 atom stereocenters. The summed E-state index contributed by atoms with van der Waals surface area (Å²) in [5, 5.41) is 9.31. The van der Waals surface area contributed by atoms with Gasteiger partial charge in [-0.25, -0.2) is 4.79 Å². The van der Waals surface area contributed by atoms with Crippen molar-refractivity contribution in [1.82, 2.24) is 14.7 Å². The molecule has 3 heterocycles. The van der Waals surface area contributed by atoms with Gasteiger partial charge in [-0.2, -0.15) is 0 Å². The number of hydrogen-bond donors (Lipinski definition) is 1. The zero-order valence-electron chi connectivity index (χ0n) is 20.8. The molecule has 0 aliphatic carbocycles. The van der Waals surface area contributed by atoms with E-state index in [-0.39, 0.29) is 55.8 Å². The summed E-state index contributed by atoms with van der Waals surface area (Å²) in [6, 6.07) is 11.3. The minimum absolute atomic E-state index is 0.137. The highest BCUT2D eigenvalue weighted by Gasteiger charge is 2.43. The lowest BCUT2D eigenvalue weighted by molar-refractivity contribution is -0.153. The van der Waals surface area contributed by atoms with Crippen molar-refractivity contribution < 1.29 is 33.8 Å². The molecule has 2 aromatic carbocycles. The van der Waals surface area contributed by atoms with Crippen LogP contribution in [0.1, 0.15) is 47.7 Å². The van der Waals surface area contributed by atoms with Crippen LogP contribution in [0.15, 0.2) is 42.5 Å². The molecule has 10 nitrogen and oxygen atoms in total. The summed E-state index contributed by atoms with van der Waals surface area (Å²) in [4.78, 5) is 54.7. The number of carboxylic acid groups (broad SMARTS) is 1. The van der Waals surface area contributed by atoms with Gasteiger partial charge in [0.1, 0.15) is 23.6 Å². The largest absolute Gasteiger partial charge is 0.497 e. The highest BCUT2D eigenvalue weighted by Crippen LogP contribution is 2.33. The Kier molecular flexibility index (Phi) is 6.49. The first-order valence-corrected chi connectivity index (χ1v) is 12.3. The quantitative estimate of drug-likeness (QED) is 0.598. The van der Waals surface area contributed by atoms with Crippen molar-refractivity contribution in [2.24, 2.45) is 0 Å². The van der Waals surface area contributed by atoms with Crippen LogP contribution in [0.3, 0.4) is 0 Å². The van der Waals surface area contributed by atoms with Gasteiger partial charge in [-0.05, 0) is 54.8 Å². The Morgan fingerprint density at radius 3 is 2.46 bits per heavy atom. The van der Waals surface area contributed by atoms with Crippen molar-refractivity contribution in [2.75, 3.05) is 13.7 Å². The van der Waals surface area contributed by atoms with Crippen LogP contribution in [0.25, 0.3) is 0 Å². The van der Waals surface area contributed by atoms with Crippen LogP contribution in [0.4, 0.5) is 4.79 Å². The number of fused-ring (bicyclic) bond motifs is 1. The van der Waals surface area contributed by atoms with Gasteiger partial charge in [0.25, 0.3) is 11.8 Å². The fourth-order valence-electron chi connectivity index (χ4n) is 5.35. The minimum Gasteiger partial charge on any atom is -0.497 e. The fraction of sp³-hybridized carbons (Fsp3) is 0.407. The number of imide groups is 1. The Labute approximate surface area is 214 Å². The first-order valence-electron chi connectivity index (χ1n) is 12.3. The van der Waals surface area contributed by atoms with E-state index in [4.69, 9.17) is 9.47 Å². The standard InChI is InChI=1S/C27H29N3O7/c1-16-23(11-12-28(16)27(34)35)37-20-7-8-21-18(13-20)15-29(25(21)32)22-9-10-24(31)30(26(22)33)14-17-3-5-19(36-2)6-4-17/h3-8,13,16,22-23H,9-12,14-15H2,1-2H3,(H,34,35)/t16-,22?,23-/m0/s1. The molecule has 1 N–H and O–H groups in total. The van der Waals surface area contributed by atoms with Crippen molar-refractivity contribution in [3.8, 4) is 11.5 Å². The Hall–Kier alpha value is -4.08. The number of piperidine rings is 1. The Bertz CT molecular complexity index is 1250. The number of nitrogens with zero attached hydrogens (tertiary/aromatic N) is 3. The molecular weight excluding hydrogens is 478 g/mol. The molecule has 0 spiro atoms. The predicted octanol–water partition coefficient (Wildman–Crippen LogP) is 2.89. The van der Waals surface area contributed by atoms with Crippen LogP contribution in [0.5, 0.6) is 11.5 Å². The van der Waals surface area contributed by atoms with Gasteiger partial charge in [0.2, 0.25) is 5.91 Å². The van der Waals surface area contributed by atoms with Gasteiger partial charge < -0.3 is 24.4 Å². The summed E-state index contributed by atoms with van der Waals surface area (Å²) in [6.45, 7) is 2.61. The average Bonchev–Trinajstić information content (AvgIpc) is 3.41. The van der Waals surface area contributed by atoms with E-state index in [1.807, 2.05) is 19.1 Å². The lowest BCUT2D eigenvalue weighted by atomic mass is 10.0. The number of likely N-dealkylation sites (tertiary alicyclic amines) is 2. The average molecular weight is 508 g/mol. The second-order valence-electron chi connectivity index (χ2n) is 9.63. The normalized spacial score (nSPS) is 23.5. The van der Waals surface area contributed by atoms with E-state index >= 15 is 0 Å². The van der Waals surface area contributed by atoms with E-state index in [2.05, 4.69) is 0 Å². The van der Waals surface area contributed by atoms with Gasteiger partial charge in [0.05, 0.1) is 19.7 Å². The zero-order valence-corrected chi connectivity index (χ0v) is 20.8. The number of ether oxygens (including phenoxy) is 2. The van der Waals surface area contributed by atoms with Crippen LogP contribution >= 0.6 is 0 Å². The van der Waals surface area contributed by atoms with Crippen molar-refractivity contribution in [1.29, 1.82) is 0 Å². The molecule has 0 aromatic heterocycles. The molecule has 37 heavy (non-hydrogen) atoms. The van der Waals surface area contributed by atoms with Crippen LogP contribution in [-0.4, -0.2) is 75.5 Å². The first kappa shape index (κ1) is 24.6. The summed E-state index contributed by atoms with van der Waals surface area (Å²) in [6.07, 6.45) is -0.194. The summed E-state index contributed by atoms with van der Waals surface area (Å²) in [5.74, 6) is 0.369. The van der Waals surface area contributed by atoms with Gasteiger partial charge in [0.15, 0.2) is 0 Å². The second-order valence-corrected chi connectivity index (χ2v) is 9.63. The highest BCUT2D eigenvalue weighted by atomic mass is 16.5. The van der Waals surface area contributed by atoms with E-state index < -0.39 is 12.1 Å². The van der Waals surface area contributed by atoms with Crippen LogP contribution < -0.4 is 9.47 Å². The molecular formula is C27H29N3O7. The van der Waals surface area contributed by atoms with Crippen molar-refractivity contribution in [3.05, 3.63) is 59.2 Å². The van der Waals surface area contributed by atoms with Gasteiger partial charge in [-0.1, -0.05) is 12.1 Å². The molecule has 194 valence electrons. The molecule has 0 saturated carbocycles. The molecule has 2 saturated heterocycles. The Morgan fingerprint density at radius 2 is 1.78 bits per heavy atom. The van der Waals surface area contributed by atoms with E-state index in [9.17, 15) is 24.3 Å². The fourth-order valence-corrected chi connectivity index (χ4v) is 5.35. The number of hydrogen-bond acceptors (Lipinski definition) is 6. The third-order valence-corrected chi connectivity index (χ3v) is 7.49. The van der Waals surface area contributed by atoms with E-state index in [1.165, 1.54) is 14.7 Å². The van der Waals surface area contributed by atoms with Crippen molar-refractivity contribution in [2.45, 2.75) is 57.5 Å². The molecule has 0 radical (unpaired) electrons. The van der Waals surface area contributed by atoms with Crippen LogP contribution in [0.2, 0.25) is 0 Å². The third kappa shape index (κ3) is 4.59. The smallest absolute Gasteiger partial charge is 0.407 e. The maximum atomic E-state index is 13.4. The van der Waals surface area contributed by atoms with Gasteiger partial charge >= 0.3 is 6.09 Å². The molecule has 3 aliphatic heterocycles.